The molecular weight excluding hydrogens is 361 g/mol. The number of rotatable bonds is 5. The Morgan fingerprint density at radius 3 is 2.46 bits per heavy atom. The summed E-state index contributed by atoms with van der Waals surface area (Å²) in [5.41, 5.74) is 9.49. The first-order valence-electron chi connectivity index (χ1n) is 8.47. The quantitative estimate of drug-likeness (QED) is 0.547. The number of halogens is 1. The first-order chi connectivity index (χ1) is 13.6. The lowest BCUT2D eigenvalue weighted by Crippen LogP contribution is -2.04. The van der Waals surface area contributed by atoms with E-state index in [4.69, 9.17) is 5.73 Å². The maximum absolute atomic E-state index is 13.2. The first-order valence-corrected chi connectivity index (χ1v) is 8.47. The second-order valence-corrected chi connectivity index (χ2v) is 6.08. The molecule has 4 aromatic rings. The first kappa shape index (κ1) is 17.7. The van der Waals surface area contributed by atoms with Crippen LogP contribution in [0.5, 0.6) is 0 Å². The predicted octanol–water partition coefficient (Wildman–Crippen LogP) is 2.06. The van der Waals surface area contributed by atoms with E-state index >= 15 is 0 Å². The highest BCUT2D eigenvalue weighted by Crippen LogP contribution is 2.23. The van der Waals surface area contributed by atoms with Crippen molar-refractivity contribution < 1.29 is 9.50 Å². The van der Waals surface area contributed by atoms with E-state index in [1.807, 2.05) is 12.1 Å². The molecule has 8 nitrogen and oxygen atoms in total. The highest BCUT2D eigenvalue weighted by Gasteiger charge is 2.11. The Kier molecular flexibility index (Phi) is 4.73. The van der Waals surface area contributed by atoms with Gasteiger partial charge in [-0.2, -0.15) is 0 Å². The number of nitrogens with zero attached hydrogens (tertiary/aromatic N) is 6. The van der Waals surface area contributed by atoms with Gasteiger partial charge in [0.05, 0.1) is 42.1 Å². The van der Waals surface area contributed by atoms with Crippen molar-refractivity contribution in [1.29, 1.82) is 0 Å². The van der Waals surface area contributed by atoms with Crippen molar-refractivity contribution in [2.75, 3.05) is 5.73 Å². The van der Waals surface area contributed by atoms with Crippen molar-refractivity contribution in [3.05, 3.63) is 71.9 Å². The molecule has 0 amide bonds. The molecule has 28 heavy (non-hydrogen) atoms. The lowest BCUT2D eigenvalue weighted by atomic mass is 10.1. The third-order valence-corrected chi connectivity index (χ3v) is 4.03. The van der Waals surface area contributed by atoms with E-state index in [1.54, 1.807) is 35.1 Å². The molecule has 0 aliphatic rings. The highest BCUT2D eigenvalue weighted by molar-refractivity contribution is 5.66. The number of aliphatic hydroxyl groups excluding tert-OH is 1. The number of aromatic nitrogens is 6. The highest BCUT2D eigenvalue weighted by atomic mass is 19.1. The molecule has 0 fully saturated rings. The molecule has 4 rings (SSSR count). The topological polar surface area (TPSA) is 116 Å². The van der Waals surface area contributed by atoms with Crippen molar-refractivity contribution in [1.82, 2.24) is 29.9 Å². The van der Waals surface area contributed by atoms with Gasteiger partial charge in [0.1, 0.15) is 11.5 Å². The lowest BCUT2D eigenvalue weighted by molar-refractivity contribution is 0.276. The Morgan fingerprint density at radius 1 is 0.929 bits per heavy atom. The maximum atomic E-state index is 13.2. The van der Waals surface area contributed by atoms with Gasteiger partial charge in [-0.15, -0.1) is 5.10 Å². The molecule has 0 aliphatic heterocycles. The lowest BCUT2D eigenvalue weighted by Gasteiger charge is -2.04. The molecular formula is C19H16FN7O. The second-order valence-electron chi connectivity index (χ2n) is 6.08. The average molecular weight is 377 g/mol. The minimum atomic E-state index is -0.326. The van der Waals surface area contributed by atoms with Crippen LogP contribution in [0.25, 0.3) is 22.6 Å². The van der Waals surface area contributed by atoms with Gasteiger partial charge in [0.2, 0.25) is 5.95 Å². The van der Waals surface area contributed by atoms with Crippen LogP contribution in [-0.4, -0.2) is 35.1 Å². The zero-order valence-electron chi connectivity index (χ0n) is 14.7. The Morgan fingerprint density at radius 2 is 1.68 bits per heavy atom. The van der Waals surface area contributed by atoms with Crippen LogP contribution < -0.4 is 5.73 Å². The number of anilines is 1. The molecule has 0 radical (unpaired) electrons. The van der Waals surface area contributed by atoms with Crippen LogP contribution in [0.15, 0.2) is 54.7 Å². The number of aliphatic hydroxyl groups is 1. The smallest absolute Gasteiger partial charge is 0.221 e. The summed E-state index contributed by atoms with van der Waals surface area (Å²) >= 11 is 0. The summed E-state index contributed by atoms with van der Waals surface area (Å²) in [5.74, 6) is -0.239. The number of nitrogen functional groups attached to an aromatic ring is 1. The fourth-order valence-corrected chi connectivity index (χ4v) is 2.73. The molecule has 3 N–H and O–H groups in total. The van der Waals surface area contributed by atoms with Gasteiger partial charge in [-0.25, -0.2) is 19.0 Å². The van der Waals surface area contributed by atoms with Crippen LogP contribution >= 0.6 is 0 Å². The van der Waals surface area contributed by atoms with E-state index in [9.17, 15) is 9.50 Å². The number of benzene rings is 1. The van der Waals surface area contributed by atoms with Crippen LogP contribution in [0.3, 0.4) is 0 Å². The summed E-state index contributed by atoms with van der Waals surface area (Å²) in [6, 6.07) is 13.1. The summed E-state index contributed by atoms with van der Waals surface area (Å²) in [6.45, 7) is 0.273. The van der Waals surface area contributed by atoms with E-state index in [1.165, 1.54) is 12.1 Å². The summed E-state index contributed by atoms with van der Waals surface area (Å²) in [5, 5.41) is 17.4. The number of hydrogen-bond acceptors (Lipinski definition) is 7. The third kappa shape index (κ3) is 3.84. The minimum Gasteiger partial charge on any atom is -0.390 e. The monoisotopic (exact) mass is 377 g/mol. The molecule has 0 aliphatic carbocycles. The molecule has 1 aromatic carbocycles. The molecule has 0 saturated carbocycles. The molecule has 0 bridgehead atoms. The van der Waals surface area contributed by atoms with Gasteiger partial charge >= 0.3 is 0 Å². The summed E-state index contributed by atoms with van der Waals surface area (Å²) in [4.78, 5) is 12.8. The Hall–Kier alpha value is -3.72. The number of hydrogen-bond donors (Lipinski definition) is 2. The Bertz CT molecular complexity index is 1110. The fourth-order valence-electron chi connectivity index (χ4n) is 2.73. The fraction of sp³-hybridized carbons (Fsp3) is 0.105. The Balaban J connectivity index is 1.62. The normalized spacial score (nSPS) is 10.9. The minimum absolute atomic E-state index is 0.0867. The summed E-state index contributed by atoms with van der Waals surface area (Å²) < 4.78 is 14.8. The van der Waals surface area contributed by atoms with Gasteiger partial charge in [0.25, 0.3) is 0 Å². The Labute approximate surface area is 159 Å². The molecule has 3 aromatic heterocycles. The van der Waals surface area contributed by atoms with Crippen LogP contribution in [0.1, 0.15) is 11.4 Å². The number of nitrogens with two attached hydrogens (primary N) is 1. The van der Waals surface area contributed by atoms with Crippen molar-refractivity contribution in [3.8, 4) is 22.6 Å². The van der Waals surface area contributed by atoms with Crippen molar-refractivity contribution >= 4 is 5.95 Å². The van der Waals surface area contributed by atoms with Gasteiger partial charge in [-0.05, 0) is 42.5 Å². The zero-order valence-corrected chi connectivity index (χ0v) is 14.7. The molecule has 0 unspecified atom stereocenters. The molecule has 140 valence electrons. The second kappa shape index (κ2) is 7.49. The van der Waals surface area contributed by atoms with Gasteiger partial charge in [0.15, 0.2) is 0 Å². The van der Waals surface area contributed by atoms with Gasteiger partial charge < -0.3 is 10.8 Å². The van der Waals surface area contributed by atoms with Crippen LogP contribution in [0, 0.1) is 5.82 Å². The molecule has 9 heteroatoms. The zero-order chi connectivity index (χ0) is 19.5. The van der Waals surface area contributed by atoms with Crippen LogP contribution in [0.2, 0.25) is 0 Å². The largest absolute Gasteiger partial charge is 0.390 e. The van der Waals surface area contributed by atoms with Crippen molar-refractivity contribution in [2.24, 2.45) is 0 Å². The van der Waals surface area contributed by atoms with Crippen molar-refractivity contribution in [2.45, 2.75) is 13.2 Å². The average Bonchev–Trinajstić information content (AvgIpc) is 3.17. The standard InChI is InChI=1S/C19H16FN7O/c20-13-6-4-12(5-7-13)16-8-17(24-19(21)23-16)18-10-27(26-25-18)9-14-2-1-3-15(11-28)22-14/h1-8,10,28H,9,11H2,(H2,21,23,24). The van der Waals surface area contributed by atoms with E-state index in [2.05, 4.69) is 25.3 Å². The van der Waals surface area contributed by atoms with E-state index in [0.717, 1.165) is 5.69 Å². The van der Waals surface area contributed by atoms with Gasteiger partial charge in [-0.1, -0.05) is 11.3 Å². The number of pyridine rings is 1. The predicted molar refractivity (Wildman–Crippen MR) is 100 cm³/mol. The molecule has 0 saturated heterocycles. The molecule has 0 atom stereocenters. The molecule has 0 spiro atoms. The van der Waals surface area contributed by atoms with E-state index in [0.29, 0.717) is 34.9 Å². The maximum Gasteiger partial charge on any atom is 0.221 e. The third-order valence-electron chi connectivity index (χ3n) is 4.03. The van der Waals surface area contributed by atoms with Gasteiger partial charge in [-0.3, -0.25) is 4.98 Å². The van der Waals surface area contributed by atoms with Gasteiger partial charge in [0, 0.05) is 5.56 Å². The van der Waals surface area contributed by atoms with Crippen molar-refractivity contribution in [3.63, 3.8) is 0 Å². The summed E-state index contributed by atoms with van der Waals surface area (Å²) in [6.07, 6.45) is 1.73. The summed E-state index contributed by atoms with van der Waals surface area (Å²) in [7, 11) is 0. The SMILES string of the molecule is Nc1nc(-c2ccc(F)cc2)cc(-c2cn(Cc3cccc(CO)n3)nn2)n1. The molecule has 3 heterocycles. The van der Waals surface area contributed by atoms with Crippen LogP contribution in [0.4, 0.5) is 10.3 Å². The van der Waals surface area contributed by atoms with E-state index in [-0.39, 0.29) is 18.4 Å². The van der Waals surface area contributed by atoms with Crippen LogP contribution in [-0.2, 0) is 13.2 Å². The van der Waals surface area contributed by atoms with E-state index < -0.39 is 0 Å².